The minimum atomic E-state index is -0.273. The zero-order valence-corrected chi connectivity index (χ0v) is 10.9. The molecule has 2 aromatic rings. The third-order valence-electron chi connectivity index (χ3n) is 2.13. The van der Waals surface area contributed by atoms with Crippen LogP contribution < -0.4 is 5.32 Å². The monoisotopic (exact) mass is 340 g/mol. The zero-order valence-electron chi connectivity index (χ0n) is 8.72. The fraction of sp³-hybridized carbons (Fsp3) is 0. The molecule has 1 heterocycles. The summed E-state index contributed by atoms with van der Waals surface area (Å²) < 4.78 is 0.709. The summed E-state index contributed by atoms with van der Waals surface area (Å²) in [7, 11) is 0. The van der Waals surface area contributed by atoms with E-state index in [2.05, 4.69) is 10.3 Å². The second-order valence-corrected chi connectivity index (χ2v) is 4.52. The van der Waals surface area contributed by atoms with Gasteiger partial charge in [0.15, 0.2) is 0 Å². The third-order valence-corrected chi connectivity index (χ3v) is 3.04. The van der Waals surface area contributed by atoms with Gasteiger partial charge in [-0.3, -0.25) is 9.78 Å². The van der Waals surface area contributed by atoms with Crippen molar-refractivity contribution < 1.29 is 9.90 Å². The average molecular weight is 340 g/mol. The maximum absolute atomic E-state index is 11.8. The minimum Gasteiger partial charge on any atom is -0.507 e. The van der Waals surface area contributed by atoms with E-state index in [1.807, 2.05) is 22.6 Å². The van der Waals surface area contributed by atoms with Gasteiger partial charge in [-0.2, -0.15) is 0 Å². The van der Waals surface area contributed by atoms with Gasteiger partial charge >= 0.3 is 0 Å². The lowest BCUT2D eigenvalue weighted by Gasteiger charge is -2.05. The largest absolute Gasteiger partial charge is 0.507 e. The van der Waals surface area contributed by atoms with E-state index < -0.39 is 0 Å². The standard InChI is InChI=1S/C12H9IN2O2/c13-10-4-3-8(6-11(10)16)12(17)15-9-2-1-5-14-7-9/h1-7,16H,(H,15,17). The van der Waals surface area contributed by atoms with Crippen molar-refractivity contribution in [2.75, 3.05) is 5.32 Å². The Labute approximate surface area is 112 Å². The van der Waals surface area contributed by atoms with Crippen LogP contribution in [0.3, 0.4) is 0 Å². The summed E-state index contributed by atoms with van der Waals surface area (Å²) in [5, 5.41) is 12.2. The molecule has 0 fully saturated rings. The molecule has 86 valence electrons. The number of carbonyl (C=O) groups excluding carboxylic acids is 1. The highest BCUT2D eigenvalue weighted by molar-refractivity contribution is 14.1. The predicted octanol–water partition coefficient (Wildman–Crippen LogP) is 2.64. The number of nitrogens with zero attached hydrogens (tertiary/aromatic N) is 1. The number of phenols is 1. The van der Waals surface area contributed by atoms with Gasteiger partial charge in [-0.25, -0.2) is 0 Å². The van der Waals surface area contributed by atoms with Gasteiger partial charge in [0.2, 0.25) is 0 Å². The Bertz CT molecular complexity index is 543. The van der Waals surface area contributed by atoms with Gasteiger partial charge in [0.1, 0.15) is 5.75 Å². The molecule has 0 saturated heterocycles. The fourth-order valence-electron chi connectivity index (χ4n) is 1.29. The van der Waals surface area contributed by atoms with Crippen LogP contribution in [0, 0.1) is 3.57 Å². The molecular formula is C12H9IN2O2. The van der Waals surface area contributed by atoms with Crippen molar-refractivity contribution in [2.45, 2.75) is 0 Å². The van der Waals surface area contributed by atoms with Gasteiger partial charge in [0.05, 0.1) is 15.5 Å². The molecule has 0 unspecified atom stereocenters. The van der Waals surface area contributed by atoms with E-state index in [0.717, 1.165) is 0 Å². The molecule has 0 bridgehead atoms. The van der Waals surface area contributed by atoms with Crippen LogP contribution in [-0.4, -0.2) is 16.0 Å². The van der Waals surface area contributed by atoms with Crippen molar-refractivity contribution in [3.05, 3.63) is 51.9 Å². The van der Waals surface area contributed by atoms with Crippen molar-refractivity contribution >= 4 is 34.2 Å². The number of phenolic OH excluding ortho intramolecular Hbond substituents is 1. The molecule has 0 spiro atoms. The van der Waals surface area contributed by atoms with E-state index in [1.165, 1.54) is 6.07 Å². The van der Waals surface area contributed by atoms with Crippen LogP contribution in [0.15, 0.2) is 42.7 Å². The fourth-order valence-corrected chi connectivity index (χ4v) is 1.63. The average Bonchev–Trinajstić information content (AvgIpc) is 2.34. The maximum atomic E-state index is 11.8. The summed E-state index contributed by atoms with van der Waals surface area (Å²) in [6.07, 6.45) is 3.19. The molecule has 4 nitrogen and oxygen atoms in total. The van der Waals surface area contributed by atoms with E-state index in [-0.39, 0.29) is 11.7 Å². The van der Waals surface area contributed by atoms with Crippen LogP contribution in [0.25, 0.3) is 0 Å². The number of hydrogen-bond acceptors (Lipinski definition) is 3. The van der Waals surface area contributed by atoms with Gasteiger partial charge < -0.3 is 10.4 Å². The maximum Gasteiger partial charge on any atom is 0.255 e. The predicted molar refractivity (Wildman–Crippen MR) is 73.0 cm³/mol. The molecular weight excluding hydrogens is 331 g/mol. The van der Waals surface area contributed by atoms with Crippen molar-refractivity contribution in [3.8, 4) is 5.75 Å². The number of rotatable bonds is 2. The van der Waals surface area contributed by atoms with E-state index in [0.29, 0.717) is 14.8 Å². The summed E-state index contributed by atoms with van der Waals surface area (Å²) >= 11 is 2.00. The Hall–Kier alpha value is -1.63. The number of halogens is 1. The lowest BCUT2D eigenvalue weighted by Crippen LogP contribution is -2.11. The number of nitrogens with one attached hydrogen (secondary N) is 1. The van der Waals surface area contributed by atoms with Gasteiger partial charge in [-0.15, -0.1) is 0 Å². The molecule has 0 aliphatic rings. The van der Waals surface area contributed by atoms with E-state index in [9.17, 15) is 9.90 Å². The van der Waals surface area contributed by atoms with Crippen LogP contribution >= 0.6 is 22.6 Å². The number of pyridine rings is 1. The highest BCUT2D eigenvalue weighted by atomic mass is 127. The summed E-state index contributed by atoms with van der Waals surface area (Å²) in [6.45, 7) is 0. The molecule has 0 atom stereocenters. The quantitative estimate of drug-likeness (QED) is 0.827. The first-order valence-electron chi connectivity index (χ1n) is 4.87. The smallest absolute Gasteiger partial charge is 0.255 e. The molecule has 17 heavy (non-hydrogen) atoms. The Balaban J connectivity index is 2.18. The van der Waals surface area contributed by atoms with Crippen molar-refractivity contribution in [1.29, 1.82) is 0 Å². The first-order chi connectivity index (χ1) is 8.16. The van der Waals surface area contributed by atoms with Crippen LogP contribution in [0.5, 0.6) is 5.75 Å². The molecule has 1 aromatic carbocycles. The van der Waals surface area contributed by atoms with Gasteiger partial charge in [0.25, 0.3) is 5.91 Å². The molecule has 0 aliphatic carbocycles. The summed E-state index contributed by atoms with van der Waals surface area (Å²) in [4.78, 5) is 15.7. The molecule has 5 heteroatoms. The van der Waals surface area contributed by atoms with Gasteiger partial charge in [-0.05, 0) is 52.9 Å². The van der Waals surface area contributed by atoms with E-state index in [1.54, 1.807) is 36.7 Å². The summed E-state index contributed by atoms with van der Waals surface area (Å²) in [6, 6.07) is 8.27. The summed E-state index contributed by atoms with van der Waals surface area (Å²) in [5.74, 6) is -0.172. The highest BCUT2D eigenvalue weighted by Gasteiger charge is 2.08. The molecule has 0 aliphatic heterocycles. The first kappa shape index (κ1) is 11.8. The van der Waals surface area contributed by atoms with Crippen LogP contribution in [0.2, 0.25) is 0 Å². The van der Waals surface area contributed by atoms with E-state index >= 15 is 0 Å². The highest BCUT2D eigenvalue weighted by Crippen LogP contribution is 2.21. The summed E-state index contributed by atoms with van der Waals surface area (Å²) in [5.41, 5.74) is 1.03. The lowest BCUT2D eigenvalue weighted by atomic mass is 10.2. The zero-order chi connectivity index (χ0) is 12.3. The number of anilines is 1. The second-order valence-electron chi connectivity index (χ2n) is 3.36. The minimum absolute atomic E-state index is 0.101. The number of amides is 1. The SMILES string of the molecule is O=C(Nc1cccnc1)c1ccc(I)c(O)c1. The number of carbonyl (C=O) groups is 1. The number of aromatic hydroxyl groups is 1. The van der Waals surface area contributed by atoms with Gasteiger partial charge in [0, 0.05) is 11.8 Å². The molecule has 0 saturated carbocycles. The third kappa shape index (κ3) is 2.94. The Morgan fingerprint density at radius 2 is 2.18 bits per heavy atom. The molecule has 2 rings (SSSR count). The van der Waals surface area contributed by atoms with Crippen molar-refractivity contribution in [2.24, 2.45) is 0 Å². The lowest BCUT2D eigenvalue weighted by molar-refractivity contribution is 0.102. The first-order valence-corrected chi connectivity index (χ1v) is 5.94. The van der Waals surface area contributed by atoms with Crippen LogP contribution in [-0.2, 0) is 0 Å². The Morgan fingerprint density at radius 3 is 2.82 bits per heavy atom. The number of benzene rings is 1. The number of aromatic nitrogens is 1. The van der Waals surface area contributed by atoms with Crippen molar-refractivity contribution in [1.82, 2.24) is 4.98 Å². The van der Waals surface area contributed by atoms with E-state index in [4.69, 9.17) is 0 Å². The van der Waals surface area contributed by atoms with Crippen LogP contribution in [0.1, 0.15) is 10.4 Å². The molecule has 2 N–H and O–H groups in total. The van der Waals surface area contributed by atoms with Crippen LogP contribution in [0.4, 0.5) is 5.69 Å². The molecule has 0 radical (unpaired) electrons. The van der Waals surface area contributed by atoms with Crippen molar-refractivity contribution in [3.63, 3.8) is 0 Å². The second kappa shape index (κ2) is 5.13. The topological polar surface area (TPSA) is 62.2 Å². The Morgan fingerprint density at radius 1 is 1.35 bits per heavy atom. The normalized spacial score (nSPS) is 9.94. The van der Waals surface area contributed by atoms with Gasteiger partial charge in [-0.1, -0.05) is 0 Å². The molecule has 1 aromatic heterocycles. The molecule has 1 amide bonds. The number of hydrogen-bond donors (Lipinski definition) is 2. The Kier molecular flexibility index (Phi) is 3.58.